The summed E-state index contributed by atoms with van der Waals surface area (Å²) in [6.45, 7) is 8.85. The summed E-state index contributed by atoms with van der Waals surface area (Å²) >= 11 is 0. The Hall–Kier alpha value is -1.23. The Kier molecular flexibility index (Phi) is 2.81. The van der Waals surface area contributed by atoms with Gasteiger partial charge in [-0.15, -0.1) is 0 Å². The third kappa shape index (κ3) is 2.91. The number of anilines is 1. The fraction of sp³-hybridized carbons (Fsp3) is 0.750. The molecule has 3 N–H and O–H groups in total. The van der Waals surface area contributed by atoms with E-state index in [0.717, 1.165) is 18.7 Å². The molecule has 2 heterocycles. The van der Waals surface area contributed by atoms with Crippen molar-refractivity contribution < 1.29 is 0 Å². The van der Waals surface area contributed by atoms with Gasteiger partial charge in [-0.05, 0) is 40.5 Å². The van der Waals surface area contributed by atoms with Crippen molar-refractivity contribution in [1.82, 2.24) is 20.3 Å². The third-order valence-corrected chi connectivity index (χ3v) is 3.16. The summed E-state index contributed by atoms with van der Waals surface area (Å²) in [7, 11) is 0. The summed E-state index contributed by atoms with van der Waals surface area (Å²) in [4.78, 5) is 12.4. The predicted octanol–water partition coefficient (Wildman–Crippen LogP) is 1.48. The Morgan fingerprint density at radius 3 is 2.29 bits per heavy atom. The molecule has 1 aliphatic rings. The average Bonchev–Trinajstić information content (AvgIpc) is 2.12. The van der Waals surface area contributed by atoms with Crippen LogP contribution in [-0.2, 0) is 0 Å². The van der Waals surface area contributed by atoms with Crippen LogP contribution in [0.1, 0.15) is 52.3 Å². The van der Waals surface area contributed by atoms with E-state index < -0.39 is 0 Å². The van der Waals surface area contributed by atoms with Crippen molar-refractivity contribution in [3.8, 4) is 0 Å². The van der Waals surface area contributed by atoms with Gasteiger partial charge in [-0.1, -0.05) is 0 Å². The average molecular weight is 235 g/mol. The highest BCUT2D eigenvalue weighted by molar-refractivity contribution is 5.16. The topological polar surface area (TPSA) is 76.7 Å². The van der Waals surface area contributed by atoms with Crippen molar-refractivity contribution in [2.75, 3.05) is 5.73 Å². The Bertz CT molecular complexity index is 397. The molecule has 0 saturated carbocycles. The summed E-state index contributed by atoms with van der Waals surface area (Å²) in [6, 6.07) is 0. The molecule has 0 atom stereocenters. The van der Waals surface area contributed by atoms with Gasteiger partial charge in [0, 0.05) is 17.0 Å². The van der Waals surface area contributed by atoms with Crippen LogP contribution in [0.5, 0.6) is 0 Å². The van der Waals surface area contributed by atoms with Crippen molar-refractivity contribution >= 4 is 5.95 Å². The normalized spacial score (nSPS) is 23.5. The van der Waals surface area contributed by atoms with Gasteiger partial charge in [0.15, 0.2) is 0 Å². The smallest absolute Gasteiger partial charge is 0.223 e. The van der Waals surface area contributed by atoms with E-state index in [9.17, 15) is 0 Å². The van der Waals surface area contributed by atoms with E-state index in [1.165, 1.54) is 6.33 Å². The van der Waals surface area contributed by atoms with E-state index in [1.807, 2.05) is 0 Å². The number of nitrogens with one attached hydrogen (secondary N) is 1. The molecule has 5 heteroatoms. The Balaban J connectivity index is 2.27. The van der Waals surface area contributed by atoms with Crippen LogP contribution in [0.4, 0.5) is 5.95 Å². The van der Waals surface area contributed by atoms with Crippen molar-refractivity contribution in [2.24, 2.45) is 0 Å². The van der Waals surface area contributed by atoms with Crippen LogP contribution in [0.3, 0.4) is 0 Å². The van der Waals surface area contributed by atoms with Crippen LogP contribution in [0.25, 0.3) is 0 Å². The number of rotatable bonds is 1. The van der Waals surface area contributed by atoms with Crippen LogP contribution in [0.2, 0.25) is 0 Å². The standard InChI is InChI=1S/C12H21N5/c1-11(2)5-8(6-12(3,4)17-11)9-14-7-15-10(13)16-9/h7-8,17H,5-6H2,1-4H3,(H2,13,14,15,16). The SMILES string of the molecule is CC1(C)CC(c2ncnc(N)n2)CC(C)(C)N1. The molecule has 2 rings (SSSR count). The Morgan fingerprint density at radius 2 is 1.76 bits per heavy atom. The van der Waals surface area contributed by atoms with Crippen LogP contribution in [0.15, 0.2) is 6.33 Å². The molecule has 0 aliphatic carbocycles. The van der Waals surface area contributed by atoms with Gasteiger partial charge in [0.2, 0.25) is 5.95 Å². The predicted molar refractivity (Wildman–Crippen MR) is 67.5 cm³/mol. The molecule has 0 unspecified atom stereocenters. The highest BCUT2D eigenvalue weighted by atomic mass is 15.1. The van der Waals surface area contributed by atoms with Gasteiger partial charge >= 0.3 is 0 Å². The number of hydrogen-bond donors (Lipinski definition) is 2. The molecule has 5 nitrogen and oxygen atoms in total. The molecule has 1 aromatic heterocycles. The molecule has 0 spiro atoms. The van der Waals surface area contributed by atoms with Crippen LogP contribution in [-0.4, -0.2) is 26.0 Å². The minimum Gasteiger partial charge on any atom is -0.368 e. The zero-order chi connectivity index (χ0) is 12.7. The van der Waals surface area contributed by atoms with Crippen molar-refractivity contribution in [2.45, 2.75) is 57.5 Å². The van der Waals surface area contributed by atoms with Gasteiger partial charge in [-0.25, -0.2) is 9.97 Å². The summed E-state index contributed by atoms with van der Waals surface area (Å²) < 4.78 is 0. The summed E-state index contributed by atoms with van der Waals surface area (Å²) in [5, 5.41) is 3.64. The second-order valence-corrected chi connectivity index (χ2v) is 6.20. The minimum absolute atomic E-state index is 0.0911. The lowest BCUT2D eigenvalue weighted by Crippen LogP contribution is -2.57. The molecular weight excluding hydrogens is 214 g/mol. The lowest BCUT2D eigenvalue weighted by Gasteiger charge is -2.46. The van der Waals surface area contributed by atoms with Gasteiger partial charge in [-0.2, -0.15) is 4.98 Å². The molecule has 1 aromatic rings. The van der Waals surface area contributed by atoms with E-state index in [0.29, 0.717) is 11.9 Å². The monoisotopic (exact) mass is 235 g/mol. The zero-order valence-electron chi connectivity index (χ0n) is 11.0. The molecule has 0 aromatic carbocycles. The van der Waals surface area contributed by atoms with Gasteiger partial charge < -0.3 is 11.1 Å². The number of hydrogen-bond acceptors (Lipinski definition) is 5. The molecule has 94 valence electrons. The number of nitrogens with two attached hydrogens (primary N) is 1. The lowest BCUT2D eigenvalue weighted by atomic mass is 9.75. The summed E-state index contributed by atoms with van der Waals surface area (Å²) in [6.07, 6.45) is 3.53. The maximum atomic E-state index is 5.62. The second kappa shape index (κ2) is 3.91. The van der Waals surface area contributed by atoms with Crippen LogP contribution in [0, 0.1) is 0 Å². The Labute approximate surface area is 102 Å². The van der Waals surface area contributed by atoms with E-state index in [-0.39, 0.29) is 11.1 Å². The molecule has 0 amide bonds. The van der Waals surface area contributed by atoms with E-state index in [1.54, 1.807) is 0 Å². The van der Waals surface area contributed by atoms with Gasteiger partial charge in [0.05, 0.1) is 0 Å². The van der Waals surface area contributed by atoms with Gasteiger partial charge in [-0.3, -0.25) is 0 Å². The first-order chi connectivity index (χ1) is 7.77. The Morgan fingerprint density at radius 1 is 1.18 bits per heavy atom. The molecule has 1 fully saturated rings. The van der Waals surface area contributed by atoms with Crippen molar-refractivity contribution in [3.05, 3.63) is 12.2 Å². The fourth-order valence-electron chi connectivity index (χ4n) is 3.02. The fourth-order valence-corrected chi connectivity index (χ4v) is 3.02. The summed E-state index contributed by atoms with van der Waals surface area (Å²) in [5.41, 5.74) is 5.80. The molecule has 0 radical (unpaired) electrons. The molecule has 1 saturated heterocycles. The lowest BCUT2D eigenvalue weighted by molar-refractivity contribution is 0.158. The number of nitrogen functional groups attached to an aromatic ring is 1. The zero-order valence-corrected chi connectivity index (χ0v) is 11.0. The van der Waals surface area contributed by atoms with E-state index >= 15 is 0 Å². The first-order valence-corrected chi connectivity index (χ1v) is 6.01. The molecular formula is C12H21N5. The number of nitrogens with zero attached hydrogens (tertiary/aromatic N) is 3. The molecule has 17 heavy (non-hydrogen) atoms. The third-order valence-electron chi connectivity index (χ3n) is 3.16. The summed E-state index contributed by atoms with van der Waals surface area (Å²) in [5.74, 6) is 1.47. The quantitative estimate of drug-likeness (QED) is 0.771. The number of aromatic nitrogens is 3. The highest BCUT2D eigenvalue weighted by Crippen LogP contribution is 2.37. The maximum Gasteiger partial charge on any atom is 0.223 e. The van der Waals surface area contributed by atoms with Crippen LogP contribution < -0.4 is 11.1 Å². The minimum atomic E-state index is 0.0911. The highest BCUT2D eigenvalue weighted by Gasteiger charge is 2.39. The van der Waals surface area contributed by atoms with E-state index in [4.69, 9.17) is 5.73 Å². The van der Waals surface area contributed by atoms with E-state index in [2.05, 4.69) is 48.0 Å². The molecule has 1 aliphatic heterocycles. The number of piperidine rings is 1. The first kappa shape index (κ1) is 12.2. The largest absolute Gasteiger partial charge is 0.368 e. The first-order valence-electron chi connectivity index (χ1n) is 6.01. The maximum absolute atomic E-state index is 5.62. The van der Waals surface area contributed by atoms with Gasteiger partial charge in [0.1, 0.15) is 12.2 Å². The second-order valence-electron chi connectivity index (χ2n) is 6.20. The van der Waals surface area contributed by atoms with Crippen LogP contribution >= 0.6 is 0 Å². The van der Waals surface area contributed by atoms with Crippen molar-refractivity contribution in [3.63, 3.8) is 0 Å². The molecule has 0 bridgehead atoms. The van der Waals surface area contributed by atoms with Crippen molar-refractivity contribution in [1.29, 1.82) is 0 Å². The van der Waals surface area contributed by atoms with Gasteiger partial charge in [0.25, 0.3) is 0 Å².